The summed E-state index contributed by atoms with van der Waals surface area (Å²) >= 11 is 3.32. The first-order chi connectivity index (χ1) is 13.9. The number of nitrogens with one attached hydrogen (secondary N) is 1. The number of nitrogens with zero attached hydrogens (tertiary/aromatic N) is 2. The summed E-state index contributed by atoms with van der Waals surface area (Å²) < 4.78 is 7.26. The largest absolute Gasteiger partial charge is 0.448 e. The summed E-state index contributed by atoms with van der Waals surface area (Å²) in [5.41, 5.74) is 1.06. The summed E-state index contributed by atoms with van der Waals surface area (Å²) in [5, 5.41) is 6.73. The number of esters is 1. The van der Waals surface area contributed by atoms with Crippen LogP contribution in [0.25, 0.3) is 0 Å². The van der Waals surface area contributed by atoms with Gasteiger partial charge in [0.25, 0.3) is 11.5 Å². The second kappa shape index (κ2) is 9.29. The molecule has 8 heteroatoms. The minimum atomic E-state index is -1.04. The Balaban J connectivity index is 1.66. The maximum Gasteiger partial charge on any atom is 0.359 e. The lowest BCUT2D eigenvalue weighted by Gasteiger charge is -2.14. The highest BCUT2D eigenvalue weighted by Crippen LogP contribution is 2.14. The van der Waals surface area contributed by atoms with Crippen molar-refractivity contribution in [2.24, 2.45) is 0 Å². The first kappa shape index (κ1) is 20.5. The van der Waals surface area contributed by atoms with Crippen LogP contribution in [0.5, 0.6) is 0 Å². The zero-order chi connectivity index (χ0) is 20.8. The van der Waals surface area contributed by atoms with Gasteiger partial charge in [-0.3, -0.25) is 9.59 Å². The standard InChI is InChI=1S/C21H18BrN3O4/c1-14(20(27)23-17-9-7-16(22)8-10-17)29-21(28)18-11-12-19(26)25(24-18)13-15-5-3-2-4-6-15/h2-12,14H,13H2,1H3,(H,23,27)/t14-/m0/s1. The molecule has 0 aliphatic rings. The quantitative estimate of drug-likeness (QED) is 0.576. The molecule has 0 aliphatic heterocycles. The first-order valence-electron chi connectivity index (χ1n) is 8.82. The third-order valence-electron chi connectivity index (χ3n) is 4.02. The van der Waals surface area contributed by atoms with E-state index in [0.717, 1.165) is 10.0 Å². The highest BCUT2D eigenvalue weighted by atomic mass is 79.9. The Morgan fingerprint density at radius 3 is 2.45 bits per heavy atom. The van der Waals surface area contributed by atoms with E-state index in [1.54, 1.807) is 24.3 Å². The summed E-state index contributed by atoms with van der Waals surface area (Å²) in [7, 11) is 0. The summed E-state index contributed by atoms with van der Waals surface area (Å²) in [4.78, 5) is 36.7. The second-order valence-electron chi connectivity index (χ2n) is 6.24. The molecule has 0 aliphatic carbocycles. The number of amides is 1. The van der Waals surface area contributed by atoms with Crippen LogP contribution in [0.2, 0.25) is 0 Å². The van der Waals surface area contributed by atoms with Crippen LogP contribution in [0.1, 0.15) is 23.0 Å². The van der Waals surface area contributed by atoms with Gasteiger partial charge in [-0.1, -0.05) is 46.3 Å². The number of hydrogen-bond donors (Lipinski definition) is 1. The molecule has 29 heavy (non-hydrogen) atoms. The summed E-state index contributed by atoms with van der Waals surface area (Å²) in [6, 6.07) is 18.8. The molecular weight excluding hydrogens is 438 g/mol. The van der Waals surface area contributed by atoms with E-state index in [0.29, 0.717) is 5.69 Å². The Labute approximate surface area is 175 Å². The molecule has 0 saturated heterocycles. The lowest BCUT2D eigenvalue weighted by atomic mass is 10.2. The fourth-order valence-corrected chi connectivity index (χ4v) is 2.74. The Kier molecular flexibility index (Phi) is 6.56. The number of carbonyl (C=O) groups excluding carboxylic acids is 2. The van der Waals surface area contributed by atoms with Gasteiger partial charge in [-0.05, 0) is 42.8 Å². The van der Waals surface area contributed by atoms with Crippen LogP contribution in [0.4, 0.5) is 5.69 Å². The topological polar surface area (TPSA) is 90.3 Å². The number of anilines is 1. The first-order valence-corrected chi connectivity index (χ1v) is 9.61. The third kappa shape index (κ3) is 5.61. The molecule has 0 unspecified atom stereocenters. The van der Waals surface area contributed by atoms with E-state index in [1.165, 1.54) is 23.7 Å². The molecule has 0 radical (unpaired) electrons. The van der Waals surface area contributed by atoms with Gasteiger partial charge in [-0.15, -0.1) is 0 Å². The van der Waals surface area contributed by atoms with Gasteiger partial charge >= 0.3 is 5.97 Å². The van der Waals surface area contributed by atoms with E-state index in [2.05, 4.69) is 26.3 Å². The van der Waals surface area contributed by atoms with Gasteiger partial charge in [-0.2, -0.15) is 5.10 Å². The maximum atomic E-state index is 12.4. The molecule has 1 atom stereocenters. The maximum absolute atomic E-state index is 12.4. The molecule has 148 valence electrons. The van der Waals surface area contributed by atoms with E-state index in [9.17, 15) is 14.4 Å². The lowest BCUT2D eigenvalue weighted by Crippen LogP contribution is -2.31. The summed E-state index contributed by atoms with van der Waals surface area (Å²) in [6.07, 6.45) is -1.04. The molecule has 0 spiro atoms. The minimum Gasteiger partial charge on any atom is -0.448 e. The van der Waals surface area contributed by atoms with Crippen LogP contribution in [-0.4, -0.2) is 27.8 Å². The van der Waals surface area contributed by atoms with Crippen molar-refractivity contribution in [2.45, 2.75) is 19.6 Å². The van der Waals surface area contributed by atoms with Crippen LogP contribution < -0.4 is 10.9 Å². The Bertz CT molecular complexity index is 1070. The minimum absolute atomic E-state index is 0.0520. The van der Waals surface area contributed by atoms with Gasteiger partial charge in [0.05, 0.1) is 6.54 Å². The molecule has 0 fully saturated rings. The molecule has 1 heterocycles. The van der Waals surface area contributed by atoms with Gasteiger partial charge in [0, 0.05) is 16.2 Å². The number of halogens is 1. The summed E-state index contributed by atoms with van der Waals surface area (Å²) in [5.74, 6) is -1.26. The number of carbonyl (C=O) groups is 2. The molecule has 1 aromatic heterocycles. The molecule has 7 nitrogen and oxygen atoms in total. The molecule has 2 aromatic carbocycles. The predicted octanol–water partition coefficient (Wildman–Crippen LogP) is 3.24. The van der Waals surface area contributed by atoms with Crippen molar-refractivity contribution >= 4 is 33.5 Å². The smallest absolute Gasteiger partial charge is 0.359 e. The zero-order valence-corrected chi connectivity index (χ0v) is 17.1. The van der Waals surface area contributed by atoms with Crippen molar-refractivity contribution < 1.29 is 14.3 Å². The van der Waals surface area contributed by atoms with Crippen molar-refractivity contribution in [3.8, 4) is 0 Å². The number of ether oxygens (including phenoxy) is 1. The van der Waals surface area contributed by atoms with Crippen molar-refractivity contribution in [3.63, 3.8) is 0 Å². The molecule has 0 bridgehead atoms. The second-order valence-corrected chi connectivity index (χ2v) is 7.16. The van der Waals surface area contributed by atoms with Crippen molar-refractivity contribution in [1.29, 1.82) is 0 Å². The Morgan fingerprint density at radius 2 is 1.76 bits per heavy atom. The van der Waals surface area contributed by atoms with Crippen molar-refractivity contribution in [1.82, 2.24) is 9.78 Å². The van der Waals surface area contributed by atoms with Gasteiger partial charge in [0.1, 0.15) is 0 Å². The average Bonchev–Trinajstić information content (AvgIpc) is 2.72. The number of rotatable bonds is 6. The number of benzene rings is 2. The van der Waals surface area contributed by atoms with Gasteiger partial charge in [0.2, 0.25) is 0 Å². The van der Waals surface area contributed by atoms with E-state index in [4.69, 9.17) is 4.74 Å². The van der Waals surface area contributed by atoms with Crippen LogP contribution in [-0.2, 0) is 16.1 Å². The fraction of sp³-hybridized carbons (Fsp3) is 0.143. The third-order valence-corrected chi connectivity index (χ3v) is 4.54. The lowest BCUT2D eigenvalue weighted by molar-refractivity contribution is -0.123. The number of hydrogen-bond acceptors (Lipinski definition) is 5. The average molecular weight is 456 g/mol. The van der Waals surface area contributed by atoms with Crippen molar-refractivity contribution in [2.75, 3.05) is 5.32 Å². The molecule has 1 amide bonds. The van der Waals surface area contributed by atoms with Crippen LogP contribution in [0, 0.1) is 0 Å². The Morgan fingerprint density at radius 1 is 1.07 bits per heavy atom. The normalized spacial score (nSPS) is 11.5. The van der Waals surface area contributed by atoms with E-state index in [1.807, 2.05) is 30.3 Å². The van der Waals surface area contributed by atoms with Crippen LogP contribution in [0.3, 0.4) is 0 Å². The molecular formula is C21H18BrN3O4. The predicted molar refractivity (Wildman–Crippen MR) is 112 cm³/mol. The van der Waals surface area contributed by atoms with Gasteiger partial charge in [-0.25, -0.2) is 9.48 Å². The molecule has 0 saturated carbocycles. The van der Waals surface area contributed by atoms with Gasteiger partial charge in [0.15, 0.2) is 11.8 Å². The van der Waals surface area contributed by atoms with E-state index < -0.39 is 18.0 Å². The molecule has 3 aromatic rings. The fourth-order valence-electron chi connectivity index (χ4n) is 2.48. The highest BCUT2D eigenvalue weighted by Gasteiger charge is 2.20. The zero-order valence-electron chi connectivity index (χ0n) is 15.5. The highest BCUT2D eigenvalue weighted by molar-refractivity contribution is 9.10. The number of aromatic nitrogens is 2. The van der Waals surface area contributed by atoms with Crippen LogP contribution >= 0.6 is 15.9 Å². The molecule has 1 N–H and O–H groups in total. The van der Waals surface area contributed by atoms with E-state index in [-0.39, 0.29) is 17.8 Å². The Hall–Kier alpha value is -3.26. The summed E-state index contributed by atoms with van der Waals surface area (Å²) in [6.45, 7) is 1.69. The monoisotopic (exact) mass is 455 g/mol. The SMILES string of the molecule is C[C@H](OC(=O)c1ccc(=O)n(Cc2ccccc2)n1)C(=O)Nc1ccc(Br)cc1. The van der Waals surface area contributed by atoms with Crippen LogP contribution in [0.15, 0.2) is 76.0 Å². The van der Waals surface area contributed by atoms with Crippen molar-refractivity contribution in [3.05, 3.63) is 92.8 Å². The molecule has 3 rings (SSSR count). The van der Waals surface area contributed by atoms with E-state index >= 15 is 0 Å². The van der Waals surface area contributed by atoms with Gasteiger partial charge < -0.3 is 10.1 Å².